The lowest BCUT2D eigenvalue weighted by molar-refractivity contribution is -0.135. The summed E-state index contributed by atoms with van der Waals surface area (Å²) >= 11 is 0. The molecule has 2 aliphatic rings. The lowest BCUT2D eigenvalue weighted by atomic mass is 9.94. The lowest BCUT2D eigenvalue weighted by Gasteiger charge is -2.36. The van der Waals surface area contributed by atoms with E-state index in [0.29, 0.717) is 12.8 Å². The third-order valence-corrected chi connectivity index (χ3v) is 4.77. The van der Waals surface area contributed by atoms with Gasteiger partial charge in [0.15, 0.2) is 0 Å². The molecule has 1 aromatic rings. The monoisotopic (exact) mass is 288 g/mol. The number of nitrogens with zero attached hydrogens (tertiary/aromatic N) is 1. The molecule has 0 radical (unpaired) electrons. The molecule has 4 heteroatoms. The third-order valence-electron chi connectivity index (χ3n) is 4.77. The van der Waals surface area contributed by atoms with Crippen molar-refractivity contribution in [2.45, 2.75) is 44.1 Å². The van der Waals surface area contributed by atoms with Crippen LogP contribution in [0.2, 0.25) is 0 Å². The summed E-state index contributed by atoms with van der Waals surface area (Å²) in [6.07, 6.45) is 4.58. The number of hydrogen-bond donors (Lipinski definition) is 2. The summed E-state index contributed by atoms with van der Waals surface area (Å²) in [5.41, 5.74) is 2.43. The summed E-state index contributed by atoms with van der Waals surface area (Å²) in [7, 11) is 0. The van der Waals surface area contributed by atoms with E-state index in [0.717, 1.165) is 25.9 Å². The molecule has 1 amide bonds. The first-order valence-corrected chi connectivity index (χ1v) is 8.02. The van der Waals surface area contributed by atoms with Crippen molar-refractivity contribution >= 4 is 11.6 Å². The molecule has 0 bridgehead atoms. The Hall–Kier alpha value is -1.55. The highest BCUT2D eigenvalue weighted by Crippen LogP contribution is 2.34. The summed E-state index contributed by atoms with van der Waals surface area (Å²) in [6.45, 7) is 1.87. The van der Waals surface area contributed by atoms with Crippen molar-refractivity contribution in [3.05, 3.63) is 29.8 Å². The maximum atomic E-state index is 12.7. The number of carbonyl (C=O) groups is 1. The van der Waals surface area contributed by atoms with Crippen molar-refractivity contribution in [3.63, 3.8) is 0 Å². The number of aliphatic hydroxyl groups excluding tert-OH is 1. The molecule has 2 aliphatic heterocycles. The van der Waals surface area contributed by atoms with Crippen LogP contribution in [0.25, 0.3) is 0 Å². The van der Waals surface area contributed by atoms with Crippen molar-refractivity contribution in [3.8, 4) is 0 Å². The minimum Gasteiger partial charge on any atom is -0.396 e. The van der Waals surface area contributed by atoms with E-state index in [4.69, 9.17) is 0 Å². The molecule has 1 fully saturated rings. The quantitative estimate of drug-likeness (QED) is 0.894. The highest BCUT2D eigenvalue weighted by Gasteiger charge is 2.30. The maximum absolute atomic E-state index is 12.7. The second-order valence-electron chi connectivity index (χ2n) is 6.12. The van der Waals surface area contributed by atoms with Gasteiger partial charge in [0.25, 0.3) is 0 Å². The van der Waals surface area contributed by atoms with Crippen LogP contribution in [0.3, 0.4) is 0 Å². The number of anilines is 1. The van der Waals surface area contributed by atoms with Gasteiger partial charge in [-0.1, -0.05) is 18.2 Å². The van der Waals surface area contributed by atoms with E-state index in [1.807, 2.05) is 17.0 Å². The van der Waals surface area contributed by atoms with E-state index in [-0.39, 0.29) is 24.5 Å². The molecule has 114 valence electrons. The smallest absolute Gasteiger partial charge is 0.223 e. The second-order valence-corrected chi connectivity index (χ2v) is 6.12. The standard InChI is InChI=1S/C17H24N2O2/c20-10-8-14-5-3-4-9-19(14)17(21)11-13-12-18-16-7-2-1-6-15(13)16/h1-2,6-7,13-14,18,20H,3-5,8-12H2. The molecule has 21 heavy (non-hydrogen) atoms. The van der Waals surface area contributed by atoms with Crippen LogP contribution in [0, 0.1) is 0 Å². The van der Waals surface area contributed by atoms with Gasteiger partial charge in [0, 0.05) is 43.8 Å². The average Bonchev–Trinajstić information content (AvgIpc) is 2.91. The van der Waals surface area contributed by atoms with Crippen LogP contribution in [0.4, 0.5) is 5.69 Å². The van der Waals surface area contributed by atoms with Crippen molar-refractivity contribution in [1.29, 1.82) is 0 Å². The number of benzene rings is 1. The summed E-state index contributed by atoms with van der Waals surface area (Å²) in [4.78, 5) is 14.7. The molecule has 2 unspecified atom stereocenters. The number of aliphatic hydroxyl groups is 1. The molecule has 3 rings (SSSR count). The molecular formula is C17H24N2O2. The molecule has 2 atom stereocenters. The second kappa shape index (κ2) is 6.48. The van der Waals surface area contributed by atoms with E-state index >= 15 is 0 Å². The fourth-order valence-corrected chi connectivity index (χ4v) is 3.65. The number of hydrogen-bond acceptors (Lipinski definition) is 3. The van der Waals surface area contributed by atoms with Crippen molar-refractivity contribution < 1.29 is 9.90 Å². The van der Waals surface area contributed by atoms with Crippen molar-refractivity contribution in [1.82, 2.24) is 4.90 Å². The van der Waals surface area contributed by atoms with Gasteiger partial charge in [0.1, 0.15) is 0 Å². The molecule has 1 aromatic carbocycles. The normalized spacial score (nSPS) is 24.5. The summed E-state index contributed by atoms with van der Waals surface area (Å²) in [6, 6.07) is 8.50. The summed E-state index contributed by atoms with van der Waals surface area (Å²) < 4.78 is 0. The Morgan fingerprint density at radius 1 is 1.33 bits per heavy atom. The van der Waals surface area contributed by atoms with Gasteiger partial charge in [0.05, 0.1) is 0 Å². The number of carbonyl (C=O) groups excluding carboxylic acids is 1. The van der Waals surface area contributed by atoms with Crippen LogP contribution in [0.15, 0.2) is 24.3 Å². The van der Waals surface area contributed by atoms with Crippen LogP contribution in [-0.2, 0) is 4.79 Å². The number of piperidine rings is 1. The highest BCUT2D eigenvalue weighted by molar-refractivity contribution is 5.78. The summed E-state index contributed by atoms with van der Waals surface area (Å²) in [5.74, 6) is 0.530. The van der Waals surface area contributed by atoms with Gasteiger partial charge >= 0.3 is 0 Å². The van der Waals surface area contributed by atoms with E-state index < -0.39 is 0 Å². The van der Waals surface area contributed by atoms with E-state index in [2.05, 4.69) is 17.4 Å². The van der Waals surface area contributed by atoms with Crippen LogP contribution in [-0.4, -0.2) is 41.7 Å². The molecule has 1 saturated heterocycles. The van der Waals surface area contributed by atoms with Gasteiger partial charge in [-0.3, -0.25) is 4.79 Å². The molecule has 0 saturated carbocycles. The Labute approximate surface area is 126 Å². The lowest BCUT2D eigenvalue weighted by Crippen LogP contribution is -2.44. The topological polar surface area (TPSA) is 52.6 Å². The number of rotatable bonds is 4. The summed E-state index contributed by atoms with van der Waals surface area (Å²) in [5, 5.41) is 12.6. The van der Waals surface area contributed by atoms with Crippen LogP contribution >= 0.6 is 0 Å². The first kappa shape index (κ1) is 14.4. The molecule has 0 aliphatic carbocycles. The molecule has 0 aromatic heterocycles. The van der Waals surface area contributed by atoms with Gasteiger partial charge in [-0.15, -0.1) is 0 Å². The number of likely N-dealkylation sites (tertiary alicyclic amines) is 1. The third kappa shape index (κ3) is 3.05. The highest BCUT2D eigenvalue weighted by atomic mass is 16.3. The minimum absolute atomic E-state index is 0.169. The zero-order valence-corrected chi connectivity index (χ0v) is 12.4. The van der Waals surface area contributed by atoms with Crippen LogP contribution in [0.1, 0.15) is 43.6 Å². The Morgan fingerprint density at radius 3 is 3.05 bits per heavy atom. The Kier molecular flexibility index (Phi) is 4.44. The average molecular weight is 288 g/mol. The largest absolute Gasteiger partial charge is 0.396 e. The SMILES string of the molecule is O=C(CC1CNc2ccccc21)N1CCCCC1CCO. The zero-order valence-electron chi connectivity index (χ0n) is 12.4. The number of amides is 1. The number of fused-ring (bicyclic) bond motifs is 1. The number of nitrogens with one attached hydrogen (secondary N) is 1. The van der Waals surface area contributed by atoms with E-state index in [1.54, 1.807) is 0 Å². The predicted molar refractivity (Wildman–Crippen MR) is 83.3 cm³/mol. The van der Waals surface area contributed by atoms with Gasteiger partial charge in [-0.05, 0) is 37.3 Å². The van der Waals surface area contributed by atoms with Gasteiger partial charge in [-0.25, -0.2) is 0 Å². The molecule has 0 spiro atoms. The minimum atomic E-state index is 0.169. The zero-order chi connectivity index (χ0) is 14.7. The van der Waals surface area contributed by atoms with Crippen molar-refractivity contribution in [2.75, 3.05) is 25.0 Å². The first-order chi connectivity index (χ1) is 10.3. The van der Waals surface area contributed by atoms with Crippen LogP contribution in [0.5, 0.6) is 0 Å². The van der Waals surface area contributed by atoms with E-state index in [9.17, 15) is 9.90 Å². The fraction of sp³-hybridized carbons (Fsp3) is 0.588. The maximum Gasteiger partial charge on any atom is 0.223 e. The molecule has 2 heterocycles. The van der Waals surface area contributed by atoms with Gasteiger partial charge in [-0.2, -0.15) is 0 Å². The fourth-order valence-electron chi connectivity index (χ4n) is 3.65. The Morgan fingerprint density at radius 2 is 2.19 bits per heavy atom. The Balaban J connectivity index is 1.66. The molecule has 4 nitrogen and oxygen atoms in total. The first-order valence-electron chi connectivity index (χ1n) is 8.02. The molecular weight excluding hydrogens is 264 g/mol. The van der Waals surface area contributed by atoms with Crippen molar-refractivity contribution in [2.24, 2.45) is 0 Å². The Bertz CT molecular complexity index is 501. The molecule has 2 N–H and O–H groups in total. The number of para-hydroxylation sites is 1. The van der Waals surface area contributed by atoms with Gasteiger partial charge < -0.3 is 15.3 Å². The van der Waals surface area contributed by atoms with Gasteiger partial charge in [0.2, 0.25) is 5.91 Å². The van der Waals surface area contributed by atoms with E-state index in [1.165, 1.54) is 17.7 Å². The predicted octanol–water partition coefficient (Wildman–Crippen LogP) is 2.35. The van der Waals surface area contributed by atoms with Crippen LogP contribution < -0.4 is 5.32 Å².